The lowest BCUT2D eigenvalue weighted by molar-refractivity contribution is 0.0578. The van der Waals surface area contributed by atoms with E-state index in [0.29, 0.717) is 13.3 Å². The fourth-order valence-electron chi connectivity index (χ4n) is 0.632. The molecule has 0 aliphatic carbocycles. The second kappa shape index (κ2) is 4.18. The van der Waals surface area contributed by atoms with Crippen molar-refractivity contribution >= 4 is 0 Å². The first-order valence-electron chi connectivity index (χ1n) is 3.53. The highest BCUT2D eigenvalue weighted by Crippen LogP contribution is 2.26. The lowest BCUT2D eigenvalue weighted by atomic mass is 10.1. The van der Waals surface area contributed by atoms with Crippen LogP contribution in [-0.2, 0) is 0 Å². The van der Waals surface area contributed by atoms with E-state index in [1.54, 1.807) is 6.92 Å². The molecule has 0 aromatic heterocycles. The summed E-state index contributed by atoms with van der Waals surface area (Å²) in [6, 6.07) is -1.83. The largest absolute Gasteiger partial charge is 0.486 e. The maximum absolute atomic E-state index is 12.5. The van der Waals surface area contributed by atoms with E-state index >= 15 is 0 Å². The van der Waals surface area contributed by atoms with Crippen LogP contribution in [0.25, 0.3) is 0 Å². The molecule has 0 saturated carbocycles. The summed E-state index contributed by atoms with van der Waals surface area (Å²) in [5.41, 5.74) is -0.982. The fourth-order valence-corrected chi connectivity index (χ4v) is 0.632. The van der Waals surface area contributed by atoms with Gasteiger partial charge >= 0.3 is 0 Å². The molecule has 0 spiro atoms. The zero-order valence-electron chi connectivity index (χ0n) is 6.94. The van der Waals surface area contributed by atoms with Gasteiger partial charge in [0.1, 0.15) is 0 Å². The average Bonchev–Trinajstić information content (AvgIpc) is 1.84. The number of aliphatic hydroxyl groups is 1. The molecule has 0 amide bonds. The molecule has 0 saturated heterocycles. The Kier molecular flexibility index (Phi) is 3.86. The van der Waals surface area contributed by atoms with Gasteiger partial charge in [0.05, 0.1) is 5.57 Å². The van der Waals surface area contributed by atoms with Crippen molar-refractivity contribution in [2.75, 3.05) is 0 Å². The van der Waals surface area contributed by atoms with Gasteiger partial charge in [-0.3, -0.25) is 0 Å². The number of alkyl halides is 2. The van der Waals surface area contributed by atoms with Gasteiger partial charge in [-0.1, -0.05) is 19.1 Å². The van der Waals surface area contributed by atoms with E-state index in [-0.39, 0.29) is 0 Å². The predicted molar refractivity (Wildman–Crippen MR) is 40.8 cm³/mol. The highest BCUT2D eigenvalue weighted by molar-refractivity contribution is 5.25. The quantitative estimate of drug-likeness (QED) is 0.521. The highest BCUT2D eigenvalue weighted by Gasteiger charge is 2.29. The molecule has 0 aliphatic heterocycles. The number of hydrogen-bond acceptors (Lipinski definition) is 1. The predicted octanol–water partition coefficient (Wildman–Crippen LogP) is 3.35. The third kappa shape index (κ3) is 3.46. The molecule has 0 atom stereocenters. The number of allylic oxidation sites excluding steroid dienone is 3. The van der Waals surface area contributed by atoms with Crippen molar-refractivity contribution < 1.29 is 18.3 Å². The van der Waals surface area contributed by atoms with Crippen molar-refractivity contribution in [3.63, 3.8) is 0 Å². The van der Waals surface area contributed by atoms with Gasteiger partial charge in [-0.2, -0.15) is 4.39 Å². The van der Waals surface area contributed by atoms with Gasteiger partial charge in [-0.15, -0.1) is 0 Å². The summed E-state index contributed by atoms with van der Waals surface area (Å²) in [5, 5.41) is 8.26. The summed E-state index contributed by atoms with van der Waals surface area (Å²) in [7, 11) is 0. The molecule has 1 N–H and O–H groups in total. The van der Waals surface area contributed by atoms with Gasteiger partial charge in [-0.05, 0) is 6.42 Å². The Balaban J connectivity index is 4.72. The van der Waals surface area contributed by atoms with Gasteiger partial charge in [0.15, 0.2) is 0 Å². The van der Waals surface area contributed by atoms with E-state index in [4.69, 9.17) is 5.11 Å². The van der Waals surface area contributed by atoms with E-state index in [2.05, 4.69) is 0 Å². The van der Waals surface area contributed by atoms with Crippen molar-refractivity contribution in [1.82, 2.24) is 0 Å². The molecule has 4 heteroatoms. The standard InChI is InChI=1S/C8H11F3O/c1-3-4-5-6(7(9)12)8(2,10)11/h4-5,12H,3H2,1-2H3/b5-4-,7-6+. The molecule has 0 aromatic carbocycles. The monoisotopic (exact) mass is 180 g/mol. The van der Waals surface area contributed by atoms with Crippen molar-refractivity contribution in [3.8, 4) is 0 Å². The minimum Gasteiger partial charge on any atom is -0.486 e. The Morgan fingerprint density at radius 2 is 2.00 bits per heavy atom. The molecule has 0 aliphatic rings. The third-order valence-corrected chi connectivity index (χ3v) is 1.22. The Hall–Kier alpha value is -0.930. The summed E-state index contributed by atoms with van der Waals surface area (Å²) in [4.78, 5) is 0. The molecule has 70 valence electrons. The smallest absolute Gasteiger partial charge is 0.279 e. The van der Waals surface area contributed by atoms with Crippen LogP contribution in [0.5, 0.6) is 0 Å². The first kappa shape index (κ1) is 11.1. The molecule has 0 fully saturated rings. The van der Waals surface area contributed by atoms with Crippen LogP contribution in [0.2, 0.25) is 0 Å². The Labute approximate surface area is 69.2 Å². The topological polar surface area (TPSA) is 20.2 Å². The Morgan fingerprint density at radius 3 is 2.25 bits per heavy atom. The van der Waals surface area contributed by atoms with Crippen LogP contribution in [0.15, 0.2) is 23.7 Å². The van der Waals surface area contributed by atoms with Crippen LogP contribution in [0.1, 0.15) is 20.3 Å². The fraction of sp³-hybridized carbons (Fsp3) is 0.500. The van der Waals surface area contributed by atoms with Crippen molar-refractivity contribution in [3.05, 3.63) is 23.7 Å². The number of halogens is 3. The van der Waals surface area contributed by atoms with E-state index in [1.165, 1.54) is 6.08 Å². The van der Waals surface area contributed by atoms with Gasteiger partial charge < -0.3 is 5.11 Å². The van der Waals surface area contributed by atoms with Crippen molar-refractivity contribution in [1.29, 1.82) is 0 Å². The van der Waals surface area contributed by atoms with Crippen LogP contribution in [-0.4, -0.2) is 11.0 Å². The SMILES string of the molecule is CC/C=C\C(=C(/O)F)C(C)(F)F. The molecule has 0 radical (unpaired) electrons. The summed E-state index contributed by atoms with van der Waals surface area (Å²) in [6.45, 7) is 2.25. The molecule has 0 unspecified atom stereocenters. The Bertz CT molecular complexity index is 197. The van der Waals surface area contributed by atoms with Crippen LogP contribution >= 0.6 is 0 Å². The molecule has 0 heterocycles. The molecule has 1 nitrogen and oxygen atoms in total. The van der Waals surface area contributed by atoms with E-state index in [0.717, 1.165) is 6.08 Å². The normalized spacial score (nSPS) is 15.1. The lowest BCUT2D eigenvalue weighted by Gasteiger charge is -2.09. The van der Waals surface area contributed by atoms with Gasteiger partial charge in [0.25, 0.3) is 11.9 Å². The maximum Gasteiger partial charge on any atom is 0.279 e. The average molecular weight is 180 g/mol. The lowest BCUT2D eigenvalue weighted by Crippen LogP contribution is -2.13. The van der Waals surface area contributed by atoms with E-state index in [9.17, 15) is 13.2 Å². The summed E-state index contributed by atoms with van der Waals surface area (Å²) in [6.07, 6.45) is 2.74. The summed E-state index contributed by atoms with van der Waals surface area (Å²) >= 11 is 0. The van der Waals surface area contributed by atoms with Gasteiger partial charge in [0.2, 0.25) is 0 Å². The number of hydrogen-bond donors (Lipinski definition) is 1. The summed E-state index contributed by atoms with van der Waals surface area (Å²) < 4.78 is 37.0. The van der Waals surface area contributed by atoms with E-state index < -0.39 is 17.5 Å². The van der Waals surface area contributed by atoms with Crippen LogP contribution in [0.4, 0.5) is 13.2 Å². The minimum atomic E-state index is -3.34. The summed E-state index contributed by atoms with van der Waals surface area (Å²) in [5.74, 6) is -3.34. The molecule has 0 rings (SSSR count). The second-order valence-corrected chi connectivity index (χ2v) is 2.40. The van der Waals surface area contributed by atoms with Crippen LogP contribution in [0.3, 0.4) is 0 Å². The molecule has 0 bridgehead atoms. The second-order valence-electron chi connectivity index (χ2n) is 2.40. The van der Waals surface area contributed by atoms with Gasteiger partial charge in [-0.25, -0.2) is 8.78 Å². The molecular formula is C8H11F3O. The Morgan fingerprint density at radius 1 is 1.50 bits per heavy atom. The maximum atomic E-state index is 12.5. The minimum absolute atomic E-state index is 0.507. The zero-order valence-corrected chi connectivity index (χ0v) is 6.94. The van der Waals surface area contributed by atoms with Gasteiger partial charge in [0, 0.05) is 6.92 Å². The van der Waals surface area contributed by atoms with Crippen LogP contribution < -0.4 is 0 Å². The number of rotatable bonds is 3. The number of aliphatic hydroxyl groups excluding tert-OH is 1. The molecule has 12 heavy (non-hydrogen) atoms. The molecule has 0 aromatic rings. The third-order valence-electron chi connectivity index (χ3n) is 1.22. The highest BCUT2D eigenvalue weighted by atomic mass is 19.3. The first-order chi connectivity index (χ1) is 5.39. The van der Waals surface area contributed by atoms with Crippen molar-refractivity contribution in [2.45, 2.75) is 26.2 Å². The van der Waals surface area contributed by atoms with Crippen LogP contribution in [0, 0.1) is 0 Å². The van der Waals surface area contributed by atoms with Crippen molar-refractivity contribution in [2.24, 2.45) is 0 Å². The zero-order chi connectivity index (χ0) is 9.78. The first-order valence-corrected chi connectivity index (χ1v) is 3.53. The molecular weight excluding hydrogens is 169 g/mol. The van der Waals surface area contributed by atoms with E-state index in [1.807, 2.05) is 0 Å².